The number of nitrogens with zero attached hydrogens (tertiary/aromatic N) is 5. The number of carbonyl (C=O) groups is 2. The van der Waals surface area contributed by atoms with Gasteiger partial charge >= 0.3 is 6.03 Å². The van der Waals surface area contributed by atoms with Gasteiger partial charge in [-0.2, -0.15) is 0 Å². The van der Waals surface area contributed by atoms with Crippen LogP contribution in [0.4, 0.5) is 16.2 Å². The molecule has 0 N–H and O–H groups in total. The molecule has 2 aliphatic rings. The van der Waals surface area contributed by atoms with Gasteiger partial charge in [-0.3, -0.25) is 19.8 Å². The predicted octanol–water partition coefficient (Wildman–Crippen LogP) is 3.94. The number of hydrogen-bond donors (Lipinski definition) is 0. The van der Waals surface area contributed by atoms with Crippen molar-refractivity contribution in [3.05, 3.63) is 92.7 Å². The average molecular weight is 492 g/mol. The van der Waals surface area contributed by atoms with Gasteiger partial charge in [0.15, 0.2) is 0 Å². The normalized spacial score (nSPS) is 19.0. The Labute approximate surface area is 206 Å². The minimum atomic E-state index is -0.607. The lowest BCUT2D eigenvalue weighted by Crippen LogP contribution is -2.51. The first-order valence-electron chi connectivity index (χ1n) is 11.4. The maximum atomic E-state index is 13.4. The highest BCUT2D eigenvalue weighted by molar-refractivity contribution is 7.10. The van der Waals surface area contributed by atoms with E-state index in [1.807, 2.05) is 47.8 Å². The van der Waals surface area contributed by atoms with Crippen molar-refractivity contribution in [3.8, 4) is 0 Å². The highest BCUT2D eigenvalue weighted by atomic mass is 32.1. The number of nitro benzene ring substituents is 1. The number of hydrogen-bond acceptors (Lipinski definition) is 7. The van der Waals surface area contributed by atoms with E-state index in [-0.39, 0.29) is 24.3 Å². The largest absolute Gasteiger partial charge is 0.369 e. The van der Waals surface area contributed by atoms with E-state index in [1.165, 1.54) is 28.4 Å². The number of urea groups is 1. The first kappa shape index (κ1) is 23.0. The van der Waals surface area contributed by atoms with E-state index in [0.29, 0.717) is 32.7 Å². The van der Waals surface area contributed by atoms with Crippen LogP contribution in [-0.2, 0) is 11.3 Å². The van der Waals surface area contributed by atoms with Gasteiger partial charge < -0.3 is 9.80 Å². The number of thiophene rings is 1. The van der Waals surface area contributed by atoms with Crippen LogP contribution >= 0.6 is 11.3 Å². The van der Waals surface area contributed by atoms with Gasteiger partial charge in [-0.25, -0.2) is 9.69 Å². The topological polar surface area (TPSA) is 90.2 Å². The van der Waals surface area contributed by atoms with Crippen LogP contribution in [0.5, 0.6) is 0 Å². The fourth-order valence-corrected chi connectivity index (χ4v) is 5.39. The van der Waals surface area contributed by atoms with Crippen molar-refractivity contribution >= 4 is 34.6 Å². The average Bonchev–Trinajstić information content (AvgIpc) is 3.48. The Balaban J connectivity index is 1.26. The molecule has 10 heteroatoms. The van der Waals surface area contributed by atoms with Gasteiger partial charge in [0.1, 0.15) is 6.04 Å². The van der Waals surface area contributed by atoms with Crippen LogP contribution in [0, 0.1) is 10.1 Å². The summed E-state index contributed by atoms with van der Waals surface area (Å²) in [5.41, 5.74) is 1.97. The summed E-state index contributed by atoms with van der Waals surface area (Å²) in [7, 11) is 0. The molecule has 3 heterocycles. The number of anilines is 1. The highest BCUT2D eigenvalue weighted by Crippen LogP contribution is 2.35. The van der Waals surface area contributed by atoms with E-state index >= 15 is 0 Å². The van der Waals surface area contributed by atoms with Gasteiger partial charge in [-0.15, -0.1) is 11.3 Å². The smallest absolute Gasteiger partial charge is 0.329 e. The second kappa shape index (κ2) is 9.85. The molecule has 5 rings (SSSR count). The number of imide groups is 1. The molecular weight excluding hydrogens is 466 g/mol. The predicted molar refractivity (Wildman–Crippen MR) is 133 cm³/mol. The van der Waals surface area contributed by atoms with Crippen LogP contribution in [0.15, 0.2) is 72.1 Å². The summed E-state index contributed by atoms with van der Waals surface area (Å²) in [5, 5.41) is 12.8. The number of non-ortho nitro benzene ring substituents is 1. The summed E-state index contributed by atoms with van der Waals surface area (Å²) < 4.78 is 0. The molecule has 35 heavy (non-hydrogen) atoms. The number of piperazine rings is 1. The van der Waals surface area contributed by atoms with Gasteiger partial charge in [0.25, 0.3) is 11.6 Å². The lowest BCUT2D eigenvalue weighted by molar-refractivity contribution is -0.384. The molecule has 0 unspecified atom stereocenters. The third-order valence-corrected chi connectivity index (χ3v) is 7.36. The van der Waals surface area contributed by atoms with Crippen molar-refractivity contribution in [2.75, 3.05) is 37.7 Å². The number of rotatable bonds is 7. The summed E-state index contributed by atoms with van der Waals surface area (Å²) in [6.07, 6.45) is 0. The van der Waals surface area contributed by atoms with Crippen LogP contribution in [0.2, 0.25) is 0 Å². The van der Waals surface area contributed by atoms with E-state index in [4.69, 9.17) is 0 Å². The lowest BCUT2D eigenvalue weighted by Gasteiger charge is -2.37. The number of amides is 3. The Bertz CT molecular complexity index is 1190. The zero-order valence-electron chi connectivity index (χ0n) is 19.0. The van der Waals surface area contributed by atoms with Crippen LogP contribution in [0.1, 0.15) is 16.5 Å². The summed E-state index contributed by atoms with van der Waals surface area (Å²) in [6.45, 7) is 3.39. The SMILES string of the molecule is O=C1[C@@H](c2cccs2)N(Cc2ccccc2)C(=O)N1CN1CCN(c2ccc([N+](=O)[O-])cc2)CC1. The van der Waals surface area contributed by atoms with Gasteiger partial charge in [0.05, 0.1) is 11.6 Å². The molecule has 0 radical (unpaired) electrons. The molecule has 1 atom stereocenters. The first-order chi connectivity index (χ1) is 17.0. The molecule has 2 fully saturated rings. The van der Waals surface area contributed by atoms with E-state index in [2.05, 4.69) is 9.80 Å². The fourth-order valence-electron chi connectivity index (χ4n) is 4.56. The molecule has 0 saturated carbocycles. The molecular formula is C25H25N5O4S. The molecule has 9 nitrogen and oxygen atoms in total. The van der Waals surface area contributed by atoms with Crippen molar-refractivity contribution in [1.29, 1.82) is 0 Å². The number of carbonyl (C=O) groups excluding carboxylic acids is 2. The number of benzene rings is 2. The van der Waals surface area contributed by atoms with Gasteiger partial charge in [-0.05, 0) is 29.1 Å². The Kier molecular flexibility index (Phi) is 6.47. The van der Waals surface area contributed by atoms with Crippen molar-refractivity contribution in [3.63, 3.8) is 0 Å². The Hall–Kier alpha value is -3.76. The summed E-state index contributed by atoms with van der Waals surface area (Å²) in [5.74, 6) is -0.189. The molecule has 1 aromatic heterocycles. The molecule has 180 valence electrons. The zero-order valence-corrected chi connectivity index (χ0v) is 19.8. The van der Waals surface area contributed by atoms with Crippen LogP contribution in [0.25, 0.3) is 0 Å². The third-order valence-electron chi connectivity index (χ3n) is 6.44. The van der Waals surface area contributed by atoms with Crippen molar-refractivity contribution in [2.45, 2.75) is 12.6 Å². The Morgan fingerprint density at radius 3 is 2.26 bits per heavy atom. The monoisotopic (exact) mass is 491 g/mol. The molecule has 0 aliphatic carbocycles. The summed E-state index contributed by atoms with van der Waals surface area (Å²) >= 11 is 1.49. The van der Waals surface area contributed by atoms with Gasteiger partial charge in [-0.1, -0.05) is 36.4 Å². The standard InChI is InChI=1S/C25H25N5O4S/c31-24-23(22-7-4-16-35-22)28(17-19-5-2-1-3-6-19)25(32)29(24)18-26-12-14-27(15-13-26)20-8-10-21(11-9-20)30(33)34/h1-11,16,23H,12-15,17-18H2/t23-/m1/s1. The molecule has 2 aliphatic heterocycles. The fraction of sp³-hybridized carbons (Fsp3) is 0.280. The molecule has 2 saturated heterocycles. The third kappa shape index (κ3) is 4.75. The minimum Gasteiger partial charge on any atom is -0.369 e. The van der Waals surface area contributed by atoms with Crippen molar-refractivity contribution in [1.82, 2.24) is 14.7 Å². The van der Waals surface area contributed by atoms with E-state index < -0.39 is 11.0 Å². The molecule has 2 aromatic carbocycles. The van der Waals surface area contributed by atoms with Crippen molar-refractivity contribution in [2.24, 2.45) is 0 Å². The van der Waals surface area contributed by atoms with Gasteiger partial charge in [0, 0.05) is 55.4 Å². The minimum absolute atomic E-state index is 0.0683. The maximum absolute atomic E-state index is 13.4. The van der Waals surface area contributed by atoms with E-state index in [9.17, 15) is 19.7 Å². The summed E-state index contributed by atoms with van der Waals surface area (Å²) in [6, 6.07) is 19.2. The molecule has 3 amide bonds. The molecule has 0 bridgehead atoms. The Morgan fingerprint density at radius 2 is 1.63 bits per heavy atom. The second-order valence-electron chi connectivity index (χ2n) is 8.60. The van der Waals surface area contributed by atoms with E-state index in [0.717, 1.165) is 16.1 Å². The van der Waals surface area contributed by atoms with Crippen LogP contribution < -0.4 is 4.90 Å². The van der Waals surface area contributed by atoms with Crippen molar-refractivity contribution < 1.29 is 14.5 Å². The second-order valence-corrected chi connectivity index (χ2v) is 9.58. The highest BCUT2D eigenvalue weighted by Gasteiger charge is 2.46. The Morgan fingerprint density at radius 1 is 0.914 bits per heavy atom. The maximum Gasteiger partial charge on any atom is 0.329 e. The lowest BCUT2D eigenvalue weighted by atomic mass is 10.1. The quantitative estimate of drug-likeness (QED) is 0.283. The first-order valence-corrected chi connectivity index (χ1v) is 12.3. The summed E-state index contributed by atoms with van der Waals surface area (Å²) in [4.78, 5) is 45.5. The molecule has 3 aromatic rings. The molecule has 0 spiro atoms. The van der Waals surface area contributed by atoms with Crippen LogP contribution in [-0.4, -0.2) is 64.4 Å². The van der Waals surface area contributed by atoms with E-state index in [1.54, 1.807) is 17.0 Å². The van der Waals surface area contributed by atoms with Gasteiger partial charge in [0.2, 0.25) is 0 Å². The zero-order chi connectivity index (χ0) is 24.4. The number of nitro groups is 1. The van der Waals surface area contributed by atoms with Crippen LogP contribution in [0.3, 0.4) is 0 Å².